The molecule has 4 aliphatic rings. The Balaban J connectivity index is 1.28. The van der Waals surface area contributed by atoms with Gasteiger partial charge in [-0.1, -0.05) is 6.58 Å². The number of thioether (sulfide) groups is 1. The summed E-state index contributed by atoms with van der Waals surface area (Å²) in [5.41, 5.74) is 2.38. The van der Waals surface area contributed by atoms with Crippen molar-refractivity contribution in [3.8, 4) is 5.75 Å². The first-order chi connectivity index (χ1) is 14.6. The third kappa shape index (κ3) is 3.73. The monoisotopic (exact) mass is 427 g/mol. The number of ether oxygens (including phenoxy) is 1. The van der Waals surface area contributed by atoms with Crippen LogP contribution in [0.1, 0.15) is 48.0 Å². The van der Waals surface area contributed by atoms with Crippen molar-refractivity contribution in [2.24, 2.45) is 0 Å². The minimum absolute atomic E-state index is 0.0613. The molecule has 5 rings (SSSR count). The summed E-state index contributed by atoms with van der Waals surface area (Å²) in [6.07, 6.45) is 5.05. The van der Waals surface area contributed by atoms with Crippen LogP contribution in [-0.2, 0) is 11.3 Å². The zero-order valence-electron chi connectivity index (χ0n) is 17.3. The van der Waals surface area contributed by atoms with E-state index in [1.54, 1.807) is 4.90 Å². The van der Waals surface area contributed by atoms with Crippen LogP contribution in [-0.4, -0.2) is 64.4 Å². The molecule has 3 heterocycles. The highest BCUT2D eigenvalue weighted by molar-refractivity contribution is 7.99. The first kappa shape index (κ1) is 19.9. The van der Waals surface area contributed by atoms with Gasteiger partial charge in [0.15, 0.2) is 0 Å². The maximum atomic E-state index is 12.9. The molecule has 2 amide bonds. The molecule has 1 aromatic carbocycles. The number of hydrogen-bond donors (Lipinski definition) is 1. The van der Waals surface area contributed by atoms with Crippen molar-refractivity contribution < 1.29 is 14.3 Å². The Morgan fingerprint density at radius 2 is 1.97 bits per heavy atom. The molecule has 3 aliphatic heterocycles. The summed E-state index contributed by atoms with van der Waals surface area (Å²) in [7, 11) is 0. The zero-order chi connectivity index (χ0) is 20.7. The second-order valence-electron chi connectivity index (χ2n) is 8.70. The average molecular weight is 428 g/mol. The van der Waals surface area contributed by atoms with Crippen LogP contribution in [0.3, 0.4) is 0 Å². The molecule has 3 atom stereocenters. The highest BCUT2D eigenvalue weighted by atomic mass is 32.2. The van der Waals surface area contributed by atoms with Crippen molar-refractivity contribution in [2.45, 2.75) is 56.8 Å². The number of carbonyl (C=O) groups excluding carboxylic acids is 2. The van der Waals surface area contributed by atoms with Gasteiger partial charge in [-0.3, -0.25) is 14.5 Å². The van der Waals surface area contributed by atoms with Crippen molar-refractivity contribution in [3.63, 3.8) is 0 Å². The van der Waals surface area contributed by atoms with Crippen LogP contribution < -0.4 is 10.1 Å². The molecule has 6 nitrogen and oxygen atoms in total. The summed E-state index contributed by atoms with van der Waals surface area (Å²) in [6.45, 7) is 6.60. The smallest absolute Gasteiger partial charge is 0.255 e. The van der Waals surface area contributed by atoms with E-state index in [1.807, 2.05) is 30.0 Å². The van der Waals surface area contributed by atoms with Crippen molar-refractivity contribution in [1.82, 2.24) is 15.1 Å². The van der Waals surface area contributed by atoms with Gasteiger partial charge in [-0.05, 0) is 55.9 Å². The van der Waals surface area contributed by atoms with Gasteiger partial charge >= 0.3 is 0 Å². The summed E-state index contributed by atoms with van der Waals surface area (Å²) in [5, 5.41) is 2.79. The van der Waals surface area contributed by atoms with Crippen molar-refractivity contribution in [3.05, 3.63) is 41.6 Å². The fourth-order valence-corrected chi connectivity index (χ4v) is 6.18. The molecule has 3 unspecified atom stereocenters. The standard InChI is InChI=1S/C23H29N3O3S/c1-15-5-8-20(22(27)24-15)26-14-16-13-17(6-7-18(16)23(26)28)29-21-4-2-3-19(21)25-9-11-30-12-10-25/h6-7,13,19-21H,1-5,8-12,14H2,(H,24,27). The lowest BCUT2D eigenvalue weighted by atomic mass is 10.0. The third-order valence-electron chi connectivity index (χ3n) is 6.83. The fourth-order valence-electron chi connectivity index (χ4n) is 5.25. The summed E-state index contributed by atoms with van der Waals surface area (Å²) in [6, 6.07) is 5.87. The Kier molecular flexibility index (Phi) is 5.50. The van der Waals surface area contributed by atoms with Gasteiger partial charge in [-0.2, -0.15) is 11.8 Å². The molecule has 7 heteroatoms. The molecular formula is C23H29N3O3S. The second-order valence-corrected chi connectivity index (χ2v) is 9.93. The van der Waals surface area contributed by atoms with Gasteiger partial charge < -0.3 is 15.0 Å². The molecule has 3 fully saturated rings. The van der Waals surface area contributed by atoms with Crippen molar-refractivity contribution in [2.75, 3.05) is 24.6 Å². The van der Waals surface area contributed by atoms with Gasteiger partial charge in [0.2, 0.25) is 5.91 Å². The lowest BCUT2D eigenvalue weighted by Crippen LogP contribution is -2.49. The number of piperidine rings is 1. The van der Waals surface area contributed by atoms with E-state index in [-0.39, 0.29) is 17.9 Å². The van der Waals surface area contributed by atoms with Gasteiger partial charge in [0.25, 0.3) is 5.91 Å². The molecule has 0 spiro atoms. The topological polar surface area (TPSA) is 61.9 Å². The molecule has 1 saturated carbocycles. The van der Waals surface area contributed by atoms with E-state index in [9.17, 15) is 9.59 Å². The van der Waals surface area contributed by atoms with Crippen molar-refractivity contribution in [1.29, 1.82) is 0 Å². The fraction of sp³-hybridized carbons (Fsp3) is 0.565. The quantitative estimate of drug-likeness (QED) is 0.801. The molecule has 160 valence electrons. The number of benzene rings is 1. The minimum Gasteiger partial charge on any atom is -0.489 e. The van der Waals surface area contributed by atoms with Gasteiger partial charge in [0.05, 0.1) is 0 Å². The summed E-state index contributed by atoms with van der Waals surface area (Å²) < 4.78 is 6.45. The number of amides is 2. The molecule has 1 aliphatic carbocycles. The van der Waals surface area contributed by atoms with Crippen LogP contribution in [0.4, 0.5) is 0 Å². The SMILES string of the molecule is C=C1CCC(N2Cc3cc(OC4CCCC4N4CCSCC4)ccc3C2=O)C(=O)N1. The molecular weight excluding hydrogens is 398 g/mol. The molecule has 2 saturated heterocycles. The Bertz CT molecular complexity index is 867. The van der Waals surface area contributed by atoms with E-state index in [1.165, 1.54) is 24.3 Å². The van der Waals surface area contributed by atoms with Crippen LogP contribution >= 0.6 is 11.8 Å². The number of rotatable bonds is 4. The summed E-state index contributed by atoms with van der Waals surface area (Å²) in [4.78, 5) is 29.6. The Hall–Kier alpha value is -1.99. The number of hydrogen-bond acceptors (Lipinski definition) is 5. The summed E-state index contributed by atoms with van der Waals surface area (Å²) >= 11 is 2.04. The lowest BCUT2D eigenvalue weighted by Gasteiger charge is -2.35. The summed E-state index contributed by atoms with van der Waals surface area (Å²) in [5.74, 6) is 3.07. The van der Waals surface area contributed by atoms with E-state index in [4.69, 9.17) is 4.74 Å². The van der Waals surface area contributed by atoms with E-state index in [0.29, 0.717) is 31.0 Å². The van der Waals surface area contributed by atoms with Gasteiger partial charge in [0.1, 0.15) is 17.9 Å². The predicted molar refractivity (Wildman–Crippen MR) is 118 cm³/mol. The maximum Gasteiger partial charge on any atom is 0.255 e. The number of nitrogens with zero attached hydrogens (tertiary/aromatic N) is 2. The van der Waals surface area contributed by atoms with Gasteiger partial charge in [0, 0.05) is 48.4 Å². The number of fused-ring (bicyclic) bond motifs is 1. The number of nitrogens with one attached hydrogen (secondary N) is 1. The van der Waals surface area contributed by atoms with Gasteiger partial charge in [-0.25, -0.2) is 0 Å². The molecule has 1 N–H and O–H groups in total. The number of allylic oxidation sites excluding steroid dienone is 1. The normalized spacial score (nSPS) is 29.8. The van der Waals surface area contributed by atoms with Crippen molar-refractivity contribution >= 4 is 23.6 Å². The first-order valence-corrected chi connectivity index (χ1v) is 12.2. The first-order valence-electron chi connectivity index (χ1n) is 11.0. The van der Waals surface area contributed by atoms with Crippen LogP contribution in [0.25, 0.3) is 0 Å². The van der Waals surface area contributed by atoms with E-state index >= 15 is 0 Å². The predicted octanol–water partition coefficient (Wildman–Crippen LogP) is 2.78. The highest BCUT2D eigenvalue weighted by Gasteiger charge is 2.39. The van der Waals surface area contributed by atoms with Crippen LogP contribution in [0.5, 0.6) is 5.75 Å². The average Bonchev–Trinajstić information content (AvgIpc) is 3.33. The molecule has 0 radical (unpaired) electrons. The Morgan fingerprint density at radius 3 is 2.77 bits per heavy atom. The molecule has 30 heavy (non-hydrogen) atoms. The van der Waals surface area contributed by atoms with Crippen LogP contribution in [0.15, 0.2) is 30.5 Å². The largest absolute Gasteiger partial charge is 0.489 e. The zero-order valence-corrected chi connectivity index (χ0v) is 18.1. The van der Waals surface area contributed by atoms with E-state index in [2.05, 4.69) is 16.8 Å². The van der Waals surface area contributed by atoms with Crippen LogP contribution in [0, 0.1) is 0 Å². The number of carbonyl (C=O) groups is 2. The molecule has 0 bridgehead atoms. The third-order valence-corrected chi connectivity index (χ3v) is 7.77. The maximum absolute atomic E-state index is 12.9. The lowest BCUT2D eigenvalue weighted by molar-refractivity contribution is -0.126. The molecule has 0 aromatic heterocycles. The minimum atomic E-state index is -0.420. The van der Waals surface area contributed by atoms with Crippen LogP contribution in [0.2, 0.25) is 0 Å². The second kappa shape index (κ2) is 8.27. The highest BCUT2D eigenvalue weighted by Crippen LogP contribution is 2.34. The van der Waals surface area contributed by atoms with E-state index < -0.39 is 6.04 Å². The van der Waals surface area contributed by atoms with E-state index in [0.717, 1.165) is 36.5 Å². The van der Waals surface area contributed by atoms with Gasteiger partial charge in [-0.15, -0.1) is 0 Å². The Labute approximate surface area is 182 Å². The Morgan fingerprint density at radius 1 is 1.13 bits per heavy atom. The molecule has 1 aromatic rings.